The summed E-state index contributed by atoms with van der Waals surface area (Å²) in [4.78, 5) is 3.90. The molecule has 0 unspecified atom stereocenters. The zero-order valence-corrected chi connectivity index (χ0v) is 9.67. The maximum Gasteiger partial charge on any atom is 0.213 e. The van der Waals surface area contributed by atoms with E-state index < -0.39 is 0 Å². The highest BCUT2D eigenvalue weighted by Crippen LogP contribution is 2.17. The Morgan fingerprint density at radius 3 is 3.00 bits per heavy atom. The largest absolute Gasteiger partial charge is 0.478 e. The summed E-state index contributed by atoms with van der Waals surface area (Å²) in [6.07, 6.45) is 1.29. The van der Waals surface area contributed by atoms with Crippen molar-refractivity contribution < 1.29 is 9.26 Å². The molecule has 0 radical (unpaired) electrons. The SMILES string of the molecule is N#CCOc1ccccc1CNCc1ncon1. The molecule has 0 aliphatic rings. The molecule has 0 saturated carbocycles. The molecule has 1 aromatic carbocycles. The van der Waals surface area contributed by atoms with Gasteiger partial charge in [0.25, 0.3) is 0 Å². The molecule has 2 rings (SSSR count). The molecule has 0 aliphatic heterocycles. The smallest absolute Gasteiger partial charge is 0.213 e. The number of nitrogens with one attached hydrogen (secondary N) is 1. The maximum atomic E-state index is 8.50. The van der Waals surface area contributed by atoms with Crippen LogP contribution in [0.15, 0.2) is 35.2 Å². The normalized spacial score (nSPS) is 9.94. The summed E-state index contributed by atoms with van der Waals surface area (Å²) >= 11 is 0. The standard InChI is InChI=1S/C12H12N4O2/c13-5-6-17-11-4-2-1-3-10(11)7-14-8-12-15-9-18-16-12/h1-4,9,14H,6-8H2. The molecule has 6 nitrogen and oxygen atoms in total. The molecule has 1 heterocycles. The fraction of sp³-hybridized carbons (Fsp3) is 0.250. The number of hydrogen-bond acceptors (Lipinski definition) is 6. The van der Waals surface area contributed by atoms with Gasteiger partial charge in [0.2, 0.25) is 6.39 Å². The second-order valence-corrected chi connectivity index (χ2v) is 3.51. The predicted molar refractivity (Wildman–Crippen MR) is 62.4 cm³/mol. The number of benzene rings is 1. The molecule has 92 valence electrons. The van der Waals surface area contributed by atoms with Crippen molar-refractivity contribution in [2.24, 2.45) is 0 Å². The number of ether oxygens (including phenoxy) is 1. The van der Waals surface area contributed by atoms with Gasteiger partial charge in [0.05, 0.1) is 6.54 Å². The highest BCUT2D eigenvalue weighted by Gasteiger charge is 2.03. The van der Waals surface area contributed by atoms with Crippen LogP contribution in [-0.4, -0.2) is 16.7 Å². The number of hydrogen-bond donors (Lipinski definition) is 1. The predicted octanol–water partition coefficient (Wildman–Crippen LogP) is 1.26. The average Bonchev–Trinajstić information content (AvgIpc) is 2.91. The Morgan fingerprint density at radius 1 is 1.33 bits per heavy atom. The summed E-state index contributed by atoms with van der Waals surface area (Å²) in [6, 6.07) is 9.51. The second-order valence-electron chi connectivity index (χ2n) is 3.51. The third-order valence-corrected chi connectivity index (χ3v) is 2.27. The molecule has 0 fully saturated rings. The number of aromatic nitrogens is 2. The van der Waals surface area contributed by atoms with Crippen LogP contribution in [0, 0.1) is 11.3 Å². The molecule has 1 N–H and O–H groups in total. The molecule has 18 heavy (non-hydrogen) atoms. The summed E-state index contributed by atoms with van der Waals surface area (Å²) in [5.74, 6) is 1.31. The van der Waals surface area contributed by atoms with Gasteiger partial charge in [-0.15, -0.1) is 0 Å². The van der Waals surface area contributed by atoms with Crippen LogP contribution >= 0.6 is 0 Å². The average molecular weight is 244 g/mol. The summed E-state index contributed by atoms with van der Waals surface area (Å²) in [5, 5.41) is 15.4. The van der Waals surface area contributed by atoms with Crippen LogP contribution in [-0.2, 0) is 13.1 Å². The van der Waals surface area contributed by atoms with Crippen LogP contribution in [0.5, 0.6) is 5.75 Å². The molecule has 1 aromatic heterocycles. The molecule has 6 heteroatoms. The van der Waals surface area contributed by atoms with Gasteiger partial charge in [0.1, 0.15) is 11.8 Å². The van der Waals surface area contributed by atoms with E-state index in [1.54, 1.807) is 0 Å². The minimum absolute atomic E-state index is 0.0435. The van der Waals surface area contributed by atoms with E-state index >= 15 is 0 Å². The van der Waals surface area contributed by atoms with Crippen LogP contribution in [0.1, 0.15) is 11.4 Å². The first-order valence-corrected chi connectivity index (χ1v) is 5.44. The molecule has 0 spiro atoms. The fourth-order valence-corrected chi connectivity index (χ4v) is 1.48. The molecular weight excluding hydrogens is 232 g/mol. The van der Waals surface area contributed by atoms with Crippen molar-refractivity contribution in [1.29, 1.82) is 5.26 Å². The van der Waals surface area contributed by atoms with Gasteiger partial charge in [0, 0.05) is 12.1 Å². The number of para-hydroxylation sites is 1. The highest BCUT2D eigenvalue weighted by molar-refractivity contribution is 5.33. The third-order valence-electron chi connectivity index (χ3n) is 2.27. The van der Waals surface area contributed by atoms with Crippen LogP contribution in [0.2, 0.25) is 0 Å². The van der Waals surface area contributed by atoms with Crippen LogP contribution < -0.4 is 10.1 Å². The van der Waals surface area contributed by atoms with E-state index in [0.29, 0.717) is 24.7 Å². The van der Waals surface area contributed by atoms with Gasteiger partial charge in [-0.05, 0) is 6.07 Å². The summed E-state index contributed by atoms with van der Waals surface area (Å²) in [7, 11) is 0. The quantitative estimate of drug-likeness (QED) is 0.823. The Morgan fingerprint density at radius 2 is 2.22 bits per heavy atom. The van der Waals surface area contributed by atoms with Crippen LogP contribution in [0.3, 0.4) is 0 Å². The highest BCUT2D eigenvalue weighted by atomic mass is 16.5. The molecule has 0 amide bonds. The van der Waals surface area contributed by atoms with E-state index in [1.165, 1.54) is 6.39 Å². The third kappa shape index (κ3) is 3.30. The lowest BCUT2D eigenvalue weighted by molar-refractivity contribution is 0.362. The monoisotopic (exact) mass is 244 g/mol. The van der Waals surface area contributed by atoms with E-state index in [4.69, 9.17) is 10.00 Å². The van der Waals surface area contributed by atoms with E-state index in [-0.39, 0.29) is 6.61 Å². The Balaban J connectivity index is 1.90. The first kappa shape index (κ1) is 12.1. The second kappa shape index (κ2) is 6.37. The van der Waals surface area contributed by atoms with Gasteiger partial charge in [-0.25, -0.2) is 0 Å². The lowest BCUT2D eigenvalue weighted by Gasteiger charge is -2.09. The van der Waals surface area contributed by atoms with Gasteiger partial charge in [-0.1, -0.05) is 23.4 Å². The van der Waals surface area contributed by atoms with Crippen molar-refractivity contribution in [2.45, 2.75) is 13.1 Å². The van der Waals surface area contributed by atoms with Gasteiger partial charge in [-0.3, -0.25) is 0 Å². The first-order chi connectivity index (χ1) is 8.90. The Hall–Kier alpha value is -2.39. The van der Waals surface area contributed by atoms with Crippen molar-refractivity contribution in [2.75, 3.05) is 6.61 Å². The minimum atomic E-state index is 0.0435. The Bertz CT molecular complexity index is 519. The molecule has 2 aromatic rings. The topological polar surface area (TPSA) is 84.0 Å². The molecule has 0 aliphatic carbocycles. The van der Waals surface area contributed by atoms with Gasteiger partial charge in [-0.2, -0.15) is 10.2 Å². The van der Waals surface area contributed by atoms with Crippen molar-refractivity contribution in [3.05, 3.63) is 42.0 Å². The lowest BCUT2D eigenvalue weighted by atomic mass is 10.2. The van der Waals surface area contributed by atoms with Gasteiger partial charge < -0.3 is 14.6 Å². The van der Waals surface area contributed by atoms with Crippen molar-refractivity contribution in [3.63, 3.8) is 0 Å². The zero-order valence-electron chi connectivity index (χ0n) is 9.67. The van der Waals surface area contributed by atoms with Gasteiger partial charge >= 0.3 is 0 Å². The van der Waals surface area contributed by atoms with E-state index in [1.807, 2.05) is 30.3 Å². The first-order valence-electron chi connectivity index (χ1n) is 5.44. The number of rotatable bonds is 6. The molecular formula is C12H12N4O2. The van der Waals surface area contributed by atoms with E-state index in [0.717, 1.165) is 5.56 Å². The molecule has 0 saturated heterocycles. The zero-order chi connectivity index (χ0) is 12.6. The van der Waals surface area contributed by atoms with Gasteiger partial charge in [0.15, 0.2) is 12.4 Å². The van der Waals surface area contributed by atoms with Crippen molar-refractivity contribution in [1.82, 2.24) is 15.5 Å². The summed E-state index contributed by atoms with van der Waals surface area (Å²) in [6.45, 7) is 1.17. The van der Waals surface area contributed by atoms with Crippen molar-refractivity contribution >= 4 is 0 Å². The number of nitrogens with zero attached hydrogens (tertiary/aromatic N) is 3. The molecule has 0 bridgehead atoms. The van der Waals surface area contributed by atoms with E-state index in [2.05, 4.69) is 20.0 Å². The minimum Gasteiger partial charge on any atom is -0.478 e. The Kier molecular flexibility index (Phi) is 4.27. The lowest BCUT2D eigenvalue weighted by Crippen LogP contribution is -2.14. The van der Waals surface area contributed by atoms with Crippen LogP contribution in [0.4, 0.5) is 0 Å². The van der Waals surface area contributed by atoms with E-state index in [9.17, 15) is 0 Å². The summed E-state index contributed by atoms with van der Waals surface area (Å²) in [5.41, 5.74) is 0.983. The van der Waals surface area contributed by atoms with Crippen molar-refractivity contribution in [3.8, 4) is 11.8 Å². The summed E-state index contributed by atoms with van der Waals surface area (Å²) < 4.78 is 9.96. The Labute approximate surface area is 104 Å². The number of nitriles is 1. The maximum absolute atomic E-state index is 8.50. The molecule has 0 atom stereocenters. The fourth-order valence-electron chi connectivity index (χ4n) is 1.48. The van der Waals surface area contributed by atoms with Crippen LogP contribution in [0.25, 0.3) is 0 Å².